The van der Waals surface area contributed by atoms with Gasteiger partial charge >= 0.3 is 5.97 Å². The van der Waals surface area contributed by atoms with Crippen LogP contribution in [-0.4, -0.2) is 26.2 Å². The molecule has 5 heteroatoms. The van der Waals surface area contributed by atoms with Crippen LogP contribution in [0.15, 0.2) is 12.1 Å². The second kappa shape index (κ2) is 3.94. The lowest BCUT2D eigenvalue weighted by Gasteiger charge is -2.14. The van der Waals surface area contributed by atoms with Crippen molar-refractivity contribution in [1.29, 1.82) is 0 Å². The minimum atomic E-state index is -1.16. The summed E-state index contributed by atoms with van der Waals surface area (Å²) >= 11 is 0. The van der Waals surface area contributed by atoms with E-state index >= 15 is 0 Å². The first-order valence-corrected chi connectivity index (χ1v) is 5.91. The molecule has 92 valence electrons. The van der Waals surface area contributed by atoms with Crippen LogP contribution in [0.3, 0.4) is 0 Å². The number of fused-ring (bicyclic) bond motifs is 2. The molecule has 0 unspecified atom stereocenters. The summed E-state index contributed by atoms with van der Waals surface area (Å²) in [5.41, 5.74) is 2.88. The van der Waals surface area contributed by atoms with E-state index in [1.807, 2.05) is 0 Å². The molecule has 0 fully saturated rings. The van der Waals surface area contributed by atoms with Crippen molar-refractivity contribution in [3.63, 3.8) is 0 Å². The number of phenols is 1. The third kappa shape index (κ3) is 1.68. The number of aromatic nitrogens is 2. The summed E-state index contributed by atoms with van der Waals surface area (Å²) in [6, 6.07) is 2.76. The smallest absolute Gasteiger partial charge is 0.339 e. The van der Waals surface area contributed by atoms with Crippen molar-refractivity contribution in [3.05, 3.63) is 29.1 Å². The summed E-state index contributed by atoms with van der Waals surface area (Å²) in [6.45, 7) is 0. The molecule has 0 saturated carbocycles. The predicted molar refractivity (Wildman–Crippen MR) is 64.8 cm³/mol. The Hall–Kier alpha value is -2.17. The van der Waals surface area contributed by atoms with Crippen LogP contribution < -0.4 is 0 Å². The maximum atomic E-state index is 10.9. The van der Waals surface area contributed by atoms with Crippen LogP contribution in [0.1, 0.15) is 34.6 Å². The molecular formula is C13H12N2O3. The summed E-state index contributed by atoms with van der Waals surface area (Å²) in [6.07, 6.45) is 3.99. The highest BCUT2D eigenvalue weighted by Gasteiger charge is 2.16. The Bertz CT molecular complexity index is 652. The van der Waals surface area contributed by atoms with Crippen molar-refractivity contribution in [1.82, 2.24) is 9.97 Å². The molecule has 0 bridgehead atoms. The molecule has 1 aromatic heterocycles. The molecule has 1 heterocycles. The third-order valence-electron chi connectivity index (χ3n) is 3.24. The molecule has 0 amide bonds. The summed E-state index contributed by atoms with van der Waals surface area (Å²) in [4.78, 5) is 19.9. The quantitative estimate of drug-likeness (QED) is 0.800. The SMILES string of the molecule is O=C(O)c1cc2nc3c(nc2cc1O)CCCC3. The summed E-state index contributed by atoms with van der Waals surface area (Å²) in [7, 11) is 0. The van der Waals surface area contributed by atoms with Crippen LogP contribution in [-0.2, 0) is 12.8 Å². The summed E-state index contributed by atoms with van der Waals surface area (Å²) < 4.78 is 0. The first kappa shape index (κ1) is 11.0. The Kier molecular flexibility index (Phi) is 2.40. The standard InChI is InChI=1S/C13H12N2O3/c16-12-6-11-10(5-7(12)13(17)18)14-8-3-1-2-4-9(8)15-11/h5-6,16H,1-4H2,(H,17,18). The van der Waals surface area contributed by atoms with Gasteiger partial charge in [0.15, 0.2) is 0 Å². The molecular weight excluding hydrogens is 232 g/mol. The normalized spacial score (nSPS) is 14.4. The van der Waals surface area contributed by atoms with E-state index < -0.39 is 5.97 Å². The van der Waals surface area contributed by atoms with Gasteiger partial charge in [0.2, 0.25) is 0 Å². The molecule has 1 aromatic carbocycles. The minimum Gasteiger partial charge on any atom is -0.507 e. The molecule has 18 heavy (non-hydrogen) atoms. The molecule has 0 atom stereocenters. The highest BCUT2D eigenvalue weighted by molar-refractivity contribution is 5.95. The van der Waals surface area contributed by atoms with Crippen LogP contribution in [0.4, 0.5) is 0 Å². The van der Waals surface area contributed by atoms with E-state index in [0.29, 0.717) is 11.0 Å². The Morgan fingerprint density at radius 1 is 1.06 bits per heavy atom. The van der Waals surface area contributed by atoms with Crippen LogP contribution >= 0.6 is 0 Å². The van der Waals surface area contributed by atoms with Gasteiger partial charge in [0, 0.05) is 6.07 Å². The van der Waals surface area contributed by atoms with Crippen LogP contribution in [0.2, 0.25) is 0 Å². The van der Waals surface area contributed by atoms with Gasteiger partial charge in [0.25, 0.3) is 0 Å². The molecule has 2 N–H and O–H groups in total. The zero-order valence-electron chi connectivity index (χ0n) is 9.68. The van der Waals surface area contributed by atoms with Gasteiger partial charge in [-0.05, 0) is 31.7 Å². The number of carboxylic acids is 1. The van der Waals surface area contributed by atoms with E-state index in [0.717, 1.165) is 37.1 Å². The second-order valence-electron chi connectivity index (χ2n) is 4.49. The average Bonchev–Trinajstić information content (AvgIpc) is 2.35. The fourth-order valence-corrected chi connectivity index (χ4v) is 2.32. The van der Waals surface area contributed by atoms with Crippen LogP contribution in [0.5, 0.6) is 5.75 Å². The lowest BCUT2D eigenvalue weighted by Crippen LogP contribution is -2.08. The van der Waals surface area contributed by atoms with Crippen LogP contribution in [0, 0.1) is 0 Å². The molecule has 0 saturated heterocycles. The summed E-state index contributed by atoms with van der Waals surface area (Å²) in [5, 5.41) is 18.6. The van der Waals surface area contributed by atoms with Gasteiger partial charge in [-0.2, -0.15) is 0 Å². The van der Waals surface area contributed by atoms with E-state index in [1.165, 1.54) is 12.1 Å². The van der Waals surface area contributed by atoms with Crippen molar-refractivity contribution >= 4 is 17.0 Å². The maximum absolute atomic E-state index is 10.9. The first-order chi connectivity index (χ1) is 8.65. The molecule has 3 rings (SSSR count). The van der Waals surface area contributed by atoms with Gasteiger partial charge in [-0.1, -0.05) is 0 Å². The highest BCUT2D eigenvalue weighted by Crippen LogP contribution is 2.26. The molecule has 0 spiro atoms. The Morgan fingerprint density at radius 2 is 1.61 bits per heavy atom. The lowest BCUT2D eigenvalue weighted by molar-refractivity contribution is 0.0694. The Balaban J connectivity index is 2.25. The number of nitrogens with zero attached hydrogens (tertiary/aromatic N) is 2. The monoisotopic (exact) mass is 244 g/mol. The molecule has 0 aliphatic heterocycles. The number of hydrogen-bond donors (Lipinski definition) is 2. The number of carboxylic acid groups (broad SMARTS) is 1. The number of aromatic carboxylic acids is 1. The molecule has 5 nitrogen and oxygen atoms in total. The number of aromatic hydroxyl groups is 1. The van der Waals surface area contributed by atoms with Crippen molar-refractivity contribution in [2.24, 2.45) is 0 Å². The van der Waals surface area contributed by atoms with Gasteiger partial charge in [-0.3, -0.25) is 0 Å². The average molecular weight is 244 g/mol. The largest absolute Gasteiger partial charge is 0.507 e. The predicted octanol–water partition coefficient (Wildman–Crippen LogP) is 1.91. The molecule has 1 aliphatic rings. The van der Waals surface area contributed by atoms with E-state index in [1.54, 1.807) is 0 Å². The van der Waals surface area contributed by atoms with Gasteiger partial charge in [-0.25, -0.2) is 14.8 Å². The van der Waals surface area contributed by atoms with Gasteiger partial charge < -0.3 is 10.2 Å². The topological polar surface area (TPSA) is 83.3 Å². The number of carbonyl (C=O) groups is 1. The fraction of sp³-hybridized carbons (Fsp3) is 0.308. The molecule has 0 radical (unpaired) electrons. The second-order valence-corrected chi connectivity index (χ2v) is 4.49. The highest BCUT2D eigenvalue weighted by atomic mass is 16.4. The number of benzene rings is 1. The van der Waals surface area contributed by atoms with E-state index in [4.69, 9.17) is 5.11 Å². The van der Waals surface area contributed by atoms with Gasteiger partial charge in [0.1, 0.15) is 11.3 Å². The van der Waals surface area contributed by atoms with Crippen molar-refractivity contribution in [3.8, 4) is 5.75 Å². The molecule has 2 aromatic rings. The lowest BCUT2D eigenvalue weighted by atomic mass is 10.00. The van der Waals surface area contributed by atoms with E-state index in [-0.39, 0.29) is 11.3 Å². The minimum absolute atomic E-state index is 0.132. The van der Waals surface area contributed by atoms with Crippen molar-refractivity contribution < 1.29 is 15.0 Å². The van der Waals surface area contributed by atoms with Crippen LogP contribution in [0.25, 0.3) is 11.0 Å². The zero-order valence-corrected chi connectivity index (χ0v) is 9.68. The number of hydrogen-bond acceptors (Lipinski definition) is 4. The number of aryl methyl sites for hydroxylation is 2. The van der Waals surface area contributed by atoms with Gasteiger partial charge in [0.05, 0.1) is 22.4 Å². The fourth-order valence-electron chi connectivity index (χ4n) is 2.32. The van der Waals surface area contributed by atoms with Crippen molar-refractivity contribution in [2.75, 3.05) is 0 Å². The Morgan fingerprint density at radius 3 is 2.17 bits per heavy atom. The zero-order chi connectivity index (χ0) is 12.7. The third-order valence-corrected chi connectivity index (χ3v) is 3.24. The summed E-state index contributed by atoms with van der Waals surface area (Å²) in [5.74, 6) is -1.42. The Labute approximate surface area is 103 Å². The maximum Gasteiger partial charge on any atom is 0.339 e. The first-order valence-electron chi connectivity index (χ1n) is 5.91. The number of rotatable bonds is 1. The van der Waals surface area contributed by atoms with E-state index in [2.05, 4.69) is 9.97 Å². The van der Waals surface area contributed by atoms with E-state index in [9.17, 15) is 9.90 Å². The van der Waals surface area contributed by atoms with Gasteiger partial charge in [-0.15, -0.1) is 0 Å². The molecule has 1 aliphatic carbocycles. The van der Waals surface area contributed by atoms with Crippen molar-refractivity contribution in [2.45, 2.75) is 25.7 Å².